The van der Waals surface area contributed by atoms with Crippen molar-refractivity contribution in [2.75, 3.05) is 6.54 Å². The number of aliphatic hydroxyl groups excluding tert-OH is 1. The zero-order valence-corrected chi connectivity index (χ0v) is 14.0. The first-order chi connectivity index (χ1) is 11.6. The third-order valence-corrected chi connectivity index (χ3v) is 4.47. The minimum Gasteiger partial charge on any atom is -0.388 e. The zero-order chi connectivity index (χ0) is 16.9. The summed E-state index contributed by atoms with van der Waals surface area (Å²) in [6, 6.07) is 9.40. The molecule has 124 valence electrons. The molecule has 1 atom stereocenters. The number of aryl methyl sites for hydroxylation is 1. The van der Waals surface area contributed by atoms with Crippen LogP contribution in [0.3, 0.4) is 0 Å². The molecule has 0 saturated carbocycles. The molecule has 0 saturated heterocycles. The fraction of sp³-hybridized carbons (Fsp3) is 0.235. The Morgan fingerprint density at radius 2 is 2.17 bits per heavy atom. The molecule has 3 aromatic rings. The maximum atomic E-state index is 12.1. The highest BCUT2D eigenvalue weighted by Crippen LogP contribution is 2.23. The first kappa shape index (κ1) is 16.4. The quantitative estimate of drug-likeness (QED) is 0.721. The summed E-state index contributed by atoms with van der Waals surface area (Å²) < 4.78 is 1.70. The first-order valence-electron chi connectivity index (χ1n) is 7.59. The van der Waals surface area contributed by atoms with Gasteiger partial charge in [0.05, 0.1) is 12.3 Å². The molecule has 2 N–H and O–H groups in total. The lowest BCUT2D eigenvalue weighted by Gasteiger charge is -2.11. The average Bonchev–Trinajstić information content (AvgIpc) is 3.24. The Kier molecular flexibility index (Phi) is 5.02. The molecule has 0 aliphatic carbocycles. The Morgan fingerprint density at radius 1 is 1.38 bits per heavy atom. The number of benzene rings is 1. The maximum absolute atomic E-state index is 12.1. The van der Waals surface area contributed by atoms with E-state index < -0.39 is 6.10 Å². The number of aliphatic hydroxyl groups is 1. The van der Waals surface area contributed by atoms with Crippen LogP contribution < -0.4 is 5.32 Å². The lowest BCUT2D eigenvalue weighted by molar-refractivity contribution is 0.0938. The van der Waals surface area contributed by atoms with Crippen molar-refractivity contribution in [3.8, 4) is 10.6 Å². The summed E-state index contributed by atoms with van der Waals surface area (Å²) in [5, 5.41) is 19.5. The van der Waals surface area contributed by atoms with Crippen LogP contribution in [0, 0.1) is 0 Å². The first-order valence-corrected chi connectivity index (χ1v) is 8.47. The highest BCUT2D eigenvalue weighted by atomic mass is 32.1. The van der Waals surface area contributed by atoms with Crippen molar-refractivity contribution in [2.24, 2.45) is 7.05 Å². The summed E-state index contributed by atoms with van der Waals surface area (Å²) in [4.78, 5) is 16.5. The Bertz CT molecular complexity index is 813. The second-order valence-electron chi connectivity index (χ2n) is 5.41. The van der Waals surface area contributed by atoms with Crippen LogP contribution in [-0.4, -0.2) is 32.3 Å². The molecule has 1 unspecified atom stereocenters. The second-order valence-corrected chi connectivity index (χ2v) is 6.27. The van der Waals surface area contributed by atoms with Gasteiger partial charge in [0.1, 0.15) is 10.7 Å². The number of amides is 1. The van der Waals surface area contributed by atoms with Gasteiger partial charge in [-0.3, -0.25) is 9.48 Å². The van der Waals surface area contributed by atoms with Crippen molar-refractivity contribution in [3.63, 3.8) is 0 Å². The molecule has 1 amide bonds. The third kappa shape index (κ3) is 3.87. The zero-order valence-electron chi connectivity index (χ0n) is 13.2. The van der Waals surface area contributed by atoms with E-state index >= 15 is 0 Å². The number of carbonyl (C=O) groups is 1. The molecule has 2 aromatic heterocycles. The number of nitrogens with zero attached hydrogens (tertiary/aromatic N) is 3. The van der Waals surface area contributed by atoms with E-state index in [-0.39, 0.29) is 5.91 Å². The molecule has 3 rings (SSSR count). The van der Waals surface area contributed by atoms with Crippen molar-refractivity contribution in [1.82, 2.24) is 20.1 Å². The molecule has 0 aliphatic rings. The molecule has 0 aliphatic heterocycles. The van der Waals surface area contributed by atoms with Gasteiger partial charge in [-0.1, -0.05) is 30.3 Å². The van der Waals surface area contributed by atoms with Gasteiger partial charge >= 0.3 is 0 Å². The van der Waals surface area contributed by atoms with E-state index in [2.05, 4.69) is 15.4 Å². The van der Waals surface area contributed by atoms with Crippen LogP contribution in [-0.2, 0) is 7.05 Å². The number of rotatable bonds is 6. The van der Waals surface area contributed by atoms with Crippen molar-refractivity contribution in [1.29, 1.82) is 0 Å². The summed E-state index contributed by atoms with van der Waals surface area (Å²) in [6.45, 7) is 0.384. The van der Waals surface area contributed by atoms with Crippen LogP contribution in [0.15, 0.2) is 48.1 Å². The van der Waals surface area contributed by atoms with Crippen molar-refractivity contribution in [2.45, 2.75) is 12.5 Å². The average molecular weight is 342 g/mol. The van der Waals surface area contributed by atoms with Gasteiger partial charge in [0.15, 0.2) is 0 Å². The van der Waals surface area contributed by atoms with Crippen molar-refractivity contribution >= 4 is 17.2 Å². The number of hydrogen-bond acceptors (Lipinski definition) is 5. The monoisotopic (exact) mass is 342 g/mol. The van der Waals surface area contributed by atoms with Gasteiger partial charge in [0, 0.05) is 30.7 Å². The minimum absolute atomic E-state index is 0.235. The molecular formula is C17H18N4O2S. The molecule has 7 heteroatoms. The van der Waals surface area contributed by atoms with E-state index in [1.165, 1.54) is 11.3 Å². The van der Waals surface area contributed by atoms with Crippen LogP contribution in [0.1, 0.15) is 28.6 Å². The Hall–Kier alpha value is -2.51. The highest BCUT2D eigenvalue weighted by Gasteiger charge is 2.13. The molecule has 0 bridgehead atoms. The summed E-state index contributed by atoms with van der Waals surface area (Å²) in [6.07, 6.45) is 3.44. The fourth-order valence-electron chi connectivity index (χ4n) is 2.30. The summed E-state index contributed by atoms with van der Waals surface area (Å²) in [7, 11) is 1.84. The molecule has 24 heavy (non-hydrogen) atoms. The maximum Gasteiger partial charge on any atom is 0.270 e. The van der Waals surface area contributed by atoms with Crippen LogP contribution >= 0.6 is 11.3 Å². The predicted octanol–water partition coefficient (Wildman–Crippen LogP) is 2.40. The van der Waals surface area contributed by atoms with Gasteiger partial charge in [0.2, 0.25) is 0 Å². The molecule has 0 radical (unpaired) electrons. The van der Waals surface area contributed by atoms with E-state index in [9.17, 15) is 9.90 Å². The largest absolute Gasteiger partial charge is 0.388 e. The summed E-state index contributed by atoms with van der Waals surface area (Å²) in [5.41, 5.74) is 2.12. The fourth-order valence-corrected chi connectivity index (χ4v) is 3.07. The van der Waals surface area contributed by atoms with Crippen LogP contribution in [0.5, 0.6) is 0 Å². The molecule has 2 heterocycles. The van der Waals surface area contributed by atoms with E-state index in [4.69, 9.17) is 0 Å². The van der Waals surface area contributed by atoms with Gasteiger partial charge in [-0.2, -0.15) is 5.10 Å². The van der Waals surface area contributed by atoms with Crippen LogP contribution in [0.2, 0.25) is 0 Å². The Morgan fingerprint density at radius 3 is 2.88 bits per heavy atom. The molecule has 0 fully saturated rings. The number of nitrogens with one attached hydrogen (secondary N) is 1. The van der Waals surface area contributed by atoms with Crippen molar-refractivity contribution in [3.05, 3.63) is 59.4 Å². The van der Waals surface area contributed by atoms with Crippen LogP contribution in [0.4, 0.5) is 0 Å². The lowest BCUT2D eigenvalue weighted by Crippen LogP contribution is -2.25. The smallest absolute Gasteiger partial charge is 0.270 e. The minimum atomic E-state index is -0.590. The van der Waals surface area contributed by atoms with Gasteiger partial charge in [0.25, 0.3) is 5.91 Å². The van der Waals surface area contributed by atoms with E-state index in [1.807, 2.05) is 43.6 Å². The molecule has 0 spiro atoms. The van der Waals surface area contributed by atoms with Gasteiger partial charge < -0.3 is 10.4 Å². The highest BCUT2D eigenvalue weighted by molar-refractivity contribution is 7.13. The number of carbonyl (C=O) groups excluding carboxylic acids is 1. The van der Waals surface area contributed by atoms with Crippen LogP contribution in [0.25, 0.3) is 10.6 Å². The Labute approximate surface area is 143 Å². The standard InChI is InChI=1S/C17H18N4O2S/c1-21-10-13(9-19-21)17-20-14(11-24-17)16(23)18-8-7-15(22)12-5-3-2-4-6-12/h2-6,9-11,15,22H,7-8H2,1H3,(H,18,23). The van der Waals surface area contributed by atoms with Gasteiger partial charge in [-0.15, -0.1) is 11.3 Å². The molecule has 6 nitrogen and oxygen atoms in total. The molecule has 1 aromatic carbocycles. The topological polar surface area (TPSA) is 80.0 Å². The number of aromatic nitrogens is 3. The van der Waals surface area contributed by atoms with Crippen molar-refractivity contribution < 1.29 is 9.90 Å². The Balaban J connectivity index is 1.53. The SMILES string of the molecule is Cn1cc(-c2nc(C(=O)NCCC(O)c3ccccc3)cs2)cn1. The van der Waals surface area contributed by atoms with E-state index in [0.717, 1.165) is 16.1 Å². The lowest BCUT2D eigenvalue weighted by atomic mass is 10.1. The number of hydrogen-bond donors (Lipinski definition) is 2. The molecular weight excluding hydrogens is 324 g/mol. The summed E-state index contributed by atoms with van der Waals surface area (Å²) in [5.74, 6) is -0.235. The van der Waals surface area contributed by atoms with E-state index in [0.29, 0.717) is 18.7 Å². The normalized spacial score (nSPS) is 12.1. The van der Waals surface area contributed by atoms with Gasteiger partial charge in [-0.25, -0.2) is 4.98 Å². The van der Waals surface area contributed by atoms with Gasteiger partial charge in [-0.05, 0) is 12.0 Å². The second kappa shape index (κ2) is 7.37. The van der Waals surface area contributed by atoms with E-state index in [1.54, 1.807) is 16.3 Å². The predicted molar refractivity (Wildman–Crippen MR) is 92.7 cm³/mol. The number of thiazole rings is 1. The third-order valence-electron chi connectivity index (χ3n) is 3.58. The summed E-state index contributed by atoms with van der Waals surface area (Å²) >= 11 is 1.41.